The van der Waals surface area contributed by atoms with Crippen LogP contribution < -0.4 is 5.73 Å². The van der Waals surface area contributed by atoms with E-state index in [2.05, 4.69) is 36.1 Å². The Morgan fingerprint density at radius 3 is 2.69 bits per heavy atom. The molecule has 16 heavy (non-hydrogen) atoms. The van der Waals surface area contributed by atoms with Crippen molar-refractivity contribution in [3.63, 3.8) is 0 Å². The van der Waals surface area contributed by atoms with Crippen molar-refractivity contribution in [2.24, 2.45) is 5.73 Å². The van der Waals surface area contributed by atoms with Crippen LogP contribution in [0, 0.1) is 6.92 Å². The number of benzene rings is 1. The van der Waals surface area contributed by atoms with E-state index in [0.29, 0.717) is 6.04 Å². The lowest BCUT2D eigenvalue weighted by atomic mass is 10.1. The fourth-order valence-corrected chi connectivity index (χ4v) is 2.07. The number of hydrogen-bond acceptors (Lipinski definition) is 2. The van der Waals surface area contributed by atoms with Gasteiger partial charge >= 0.3 is 0 Å². The second-order valence-electron chi connectivity index (χ2n) is 4.27. The summed E-state index contributed by atoms with van der Waals surface area (Å²) >= 11 is 0. The van der Waals surface area contributed by atoms with Gasteiger partial charge in [-0.25, -0.2) is 0 Å². The lowest BCUT2D eigenvalue weighted by Gasteiger charge is -2.15. The van der Waals surface area contributed by atoms with Crippen molar-refractivity contribution >= 4 is 24.8 Å². The Morgan fingerprint density at radius 1 is 1.38 bits per heavy atom. The molecule has 0 amide bonds. The van der Waals surface area contributed by atoms with Crippen molar-refractivity contribution in [2.45, 2.75) is 25.9 Å². The van der Waals surface area contributed by atoms with Crippen molar-refractivity contribution in [1.82, 2.24) is 4.90 Å². The number of rotatable bonds is 2. The van der Waals surface area contributed by atoms with Crippen LogP contribution in [0.15, 0.2) is 24.3 Å². The van der Waals surface area contributed by atoms with Gasteiger partial charge in [0.2, 0.25) is 0 Å². The van der Waals surface area contributed by atoms with Crippen LogP contribution >= 0.6 is 24.8 Å². The lowest BCUT2D eigenvalue weighted by Crippen LogP contribution is -2.26. The van der Waals surface area contributed by atoms with Crippen LogP contribution in [0.2, 0.25) is 0 Å². The summed E-state index contributed by atoms with van der Waals surface area (Å²) in [7, 11) is 0. The molecule has 1 fully saturated rings. The van der Waals surface area contributed by atoms with Crippen molar-refractivity contribution in [1.29, 1.82) is 0 Å². The summed E-state index contributed by atoms with van der Waals surface area (Å²) < 4.78 is 0. The van der Waals surface area contributed by atoms with Crippen molar-refractivity contribution in [3.05, 3.63) is 35.4 Å². The van der Waals surface area contributed by atoms with Gasteiger partial charge in [-0.1, -0.05) is 29.8 Å². The highest BCUT2D eigenvalue weighted by Crippen LogP contribution is 2.12. The first kappa shape index (κ1) is 15.7. The maximum absolute atomic E-state index is 5.87. The van der Waals surface area contributed by atoms with Gasteiger partial charge in [0, 0.05) is 25.7 Å². The van der Waals surface area contributed by atoms with Crippen LogP contribution in [0.25, 0.3) is 0 Å². The molecule has 1 unspecified atom stereocenters. The standard InChI is InChI=1S/C12H18N2.2ClH/c1-10-3-2-4-11(7-10)8-14-6-5-12(13)9-14;;/h2-4,7,12H,5-6,8-9,13H2,1H3;2*1H. The molecule has 2 N–H and O–H groups in total. The average molecular weight is 263 g/mol. The lowest BCUT2D eigenvalue weighted by molar-refractivity contribution is 0.327. The zero-order chi connectivity index (χ0) is 9.97. The third kappa shape index (κ3) is 4.30. The molecule has 1 aliphatic rings. The highest BCUT2D eigenvalue weighted by Gasteiger charge is 2.18. The average Bonchev–Trinajstić information content (AvgIpc) is 2.51. The molecule has 0 aromatic heterocycles. The van der Waals surface area contributed by atoms with Crippen molar-refractivity contribution in [3.8, 4) is 0 Å². The molecule has 2 nitrogen and oxygen atoms in total. The van der Waals surface area contributed by atoms with Gasteiger partial charge in [0.05, 0.1) is 0 Å². The molecule has 0 bridgehead atoms. The topological polar surface area (TPSA) is 29.3 Å². The number of nitrogens with zero attached hydrogens (tertiary/aromatic N) is 1. The SMILES string of the molecule is Cc1cccc(CN2CCC(N)C2)c1.Cl.Cl. The van der Waals surface area contributed by atoms with Gasteiger partial charge in [-0.05, 0) is 18.9 Å². The van der Waals surface area contributed by atoms with Crippen molar-refractivity contribution < 1.29 is 0 Å². The molecule has 1 atom stereocenters. The molecule has 4 heteroatoms. The van der Waals surface area contributed by atoms with Gasteiger partial charge in [-0.3, -0.25) is 4.90 Å². The predicted octanol–water partition coefficient (Wildman–Crippen LogP) is 2.37. The van der Waals surface area contributed by atoms with E-state index in [0.717, 1.165) is 26.1 Å². The summed E-state index contributed by atoms with van der Waals surface area (Å²) in [5.74, 6) is 0. The van der Waals surface area contributed by atoms with Crippen LogP contribution in [0.3, 0.4) is 0 Å². The Balaban J connectivity index is 0.00000112. The first-order valence-electron chi connectivity index (χ1n) is 5.27. The first-order valence-corrected chi connectivity index (χ1v) is 5.27. The molecule has 2 rings (SSSR count). The van der Waals surface area contributed by atoms with Crippen LogP contribution in [-0.2, 0) is 6.54 Å². The summed E-state index contributed by atoms with van der Waals surface area (Å²) in [6, 6.07) is 9.10. The Morgan fingerprint density at radius 2 is 2.12 bits per heavy atom. The second kappa shape index (κ2) is 7.13. The Bertz CT molecular complexity index is 318. The second-order valence-corrected chi connectivity index (χ2v) is 4.27. The fraction of sp³-hybridized carbons (Fsp3) is 0.500. The fourth-order valence-electron chi connectivity index (χ4n) is 2.07. The smallest absolute Gasteiger partial charge is 0.0234 e. The Kier molecular flexibility index (Phi) is 7.00. The summed E-state index contributed by atoms with van der Waals surface area (Å²) in [4.78, 5) is 2.43. The number of halogens is 2. The molecule has 0 radical (unpaired) electrons. The highest BCUT2D eigenvalue weighted by molar-refractivity contribution is 5.85. The number of nitrogens with two attached hydrogens (primary N) is 1. The molecule has 1 aliphatic heterocycles. The van der Waals surface area contributed by atoms with E-state index in [-0.39, 0.29) is 24.8 Å². The largest absolute Gasteiger partial charge is 0.326 e. The first-order chi connectivity index (χ1) is 6.74. The van der Waals surface area contributed by atoms with Crippen LogP contribution in [0.4, 0.5) is 0 Å². The summed E-state index contributed by atoms with van der Waals surface area (Å²) in [6.07, 6.45) is 1.14. The number of likely N-dealkylation sites (tertiary alicyclic amines) is 1. The predicted molar refractivity (Wildman–Crippen MR) is 73.5 cm³/mol. The summed E-state index contributed by atoms with van der Waals surface area (Å²) in [5.41, 5.74) is 8.61. The summed E-state index contributed by atoms with van der Waals surface area (Å²) in [5, 5.41) is 0. The molecule has 0 saturated carbocycles. The van der Waals surface area contributed by atoms with Crippen LogP contribution in [0.5, 0.6) is 0 Å². The van der Waals surface area contributed by atoms with E-state index in [1.807, 2.05) is 0 Å². The number of aryl methyl sites for hydroxylation is 1. The molecule has 1 saturated heterocycles. The molecule has 0 aliphatic carbocycles. The van der Waals surface area contributed by atoms with E-state index in [1.165, 1.54) is 11.1 Å². The molecule has 1 aromatic rings. The minimum atomic E-state index is 0. The molecular formula is C12H20Cl2N2. The van der Waals surface area contributed by atoms with Gasteiger partial charge in [0.1, 0.15) is 0 Å². The Hall–Kier alpha value is -0.280. The van der Waals surface area contributed by atoms with Gasteiger partial charge in [0.15, 0.2) is 0 Å². The third-order valence-electron chi connectivity index (χ3n) is 2.80. The molecule has 1 heterocycles. The van der Waals surface area contributed by atoms with Crippen LogP contribution in [0.1, 0.15) is 17.5 Å². The van der Waals surface area contributed by atoms with E-state index in [4.69, 9.17) is 5.73 Å². The van der Waals surface area contributed by atoms with Gasteiger partial charge < -0.3 is 5.73 Å². The molecular weight excluding hydrogens is 243 g/mol. The zero-order valence-corrected chi connectivity index (χ0v) is 11.2. The van der Waals surface area contributed by atoms with Gasteiger partial charge in [-0.15, -0.1) is 24.8 Å². The monoisotopic (exact) mass is 262 g/mol. The minimum Gasteiger partial charge on any atom is -0.326 e. The normalized spacial score (nSPS) is 20.0. The zero-order valence-electron chi connectivity index (χ0n) is 9.56. The van der Waals surface area contributed by atoms with Crippen molar-refractivity contribution in [2.75, 3.05) is 13.1 Å². The van der Waals surface area contributed by atoms with Gasteiger partial charge in [-0.2, -0.15) is 0 Å². The highest BCUT2D eigenvalue weighted by atomic mass is 35.5. The molecule has 1 aromatic carbocycles. The minimum absolute atomic E-state index is 0. The molecule has 92 valence electrons. The van der Waals surface area contributed by atoms with Crippen LogP contribution in [-0.4, -0.2) is 24.0 Å². The third-order valence-corrected chi connectivity index (χ3v) is 2.80. The van der Waals surface area contributed by atoms with Gasteiger partial charge in [0.25, 0.3) is 0 Å². The van der Waals surface area contributed by atoms with E-state index >= 15 is 0 Å². The summed E-state index contributed by atoms with van der Waals surface area (Å²) in [6.45, 7) is 5.39. The quantitative estimate of drug-likeness (QED) is 0.887. The van der Waals surface area contributed by atoms with E-state index in [9.17, 15) is 0 Å². The molecule has 0 spiro atoms. The number of hydrogen-bond donors (Lipinski definition) is 1. The van der Waals surface area contributed by atoms with E-state index < -0.39 is 0 Å². The maximum Gasteiger partial charge on any atom is 0.0234 e. The Labute approximate surface area is 110 Å². The maximum atomic E-state index is 5.87. The van der Waals surface area contributed by atoms with E-state index in [1.54, 1.807) is 0 Å².